The molecule has 0 aliphatic rings. The summed E-state index contributed by atoms with van der Waals surface area (Å²) in [5.41, 5.74) is 4.21. The molecule has 0 atom stereocenters. The molecule has 3 amide bonds. The third kappa shape index (κ3) is 72.4. The second kappa shape index (κ2) is 53.3. The van der Waals surface area contributed by atoms with Gasteiger partial charge in [0.05, 0.1) is 137 Å². The van der Waals surface area contributed by atoms with Gasteiger partial charge in [-0.15, -0.1) is 0 Å². The number of alkyl carbamates (subject to hydrolysis) is 2. The van der Waals surface area contributed by atoms with Gasteiger partial charge in [-0.3, -0.25) is 4.79 Å². The molecule has 374 valence electrons. The van der Waals surface area contributed by atoms with Crippen LogP contribution >= 0.6 is 15.9 Å². The van der Waals surface area contributed by atoms with Crippen LogP contribution in [0.5, 0.6) is 0 Å². The highest BCUT2D eigenvalue weighted by Gasteiger charge is 2.16. The summed E-state index contributed by atoms with van der Waals surface area (Å²) in [4.78, 5) is 33.3. The fourth-order valence-electron chi connectivity index (χ4n) is 3.41. The molecule has 0 saturated heterocycles. The molecule has 0 rings (SSSR count). The van der Waals surface area contributed by atoms with Gasteiger partial charge in [-0.05, 0) is 55.4 Å². The van der Waals surface area contributed by atoms with Gasteiger partial charge in [-0.1, -0.05) is 15.9 Å². The van der Waals surface area contributed by atoms with Gasteiger partial charge in [-0.2, -0.15) is 0 Å². The molecule has 0 aromatic carbocycles. The van der Waals surface area contributed by atoms with Gasteiger partial charge < -0.3 is 88.7 Å². The third-order valence-electron chi connectivity index (χ3n) is 5.89. The van der Waals surface area contributed by atoms with Crippen molar-refractivity contribution in [2.75, 3.05) is 177 Å². The number of aliphatic hydroxyl groups is 2. The number of rotatable bonds is 36. The van der Waals surface area contributed by atoms with Crippen molar-refractivity contribution in [1.82, 2.24) is 16.0 Å². The highest BCUT2D eigenvalue weighted by molar-refractivity contribution is 9.09. The van der Waals surface area contributed by atoms with Crippen LogP contribution in [0.1, 0.15) is 55.4 Å². The Labute approximate surface area is 379 Å². The minimum Gasteiger partial charge on any atom is -0.444 e. The normalized spacial score (nSPS) is 10.9. The lowest BCUT2D eigenvalue weighted by molar-refractivity contribution is -0.118. The molecule has 0 aromatic heterocycles. The number of carbonyl (C=O) groups is 3. The number of nitrogens with two attached hydrogens (primary N) is 1. The van der Waals surface area contributed by atoms with Crippen molar-refractivity contribution in [2.24, 2.45) is 5.73 Å². The largest absolute Gasteiger partial charge is 0.444 e. The van der Waals surface area contributed by atoms with Crippen LogP contribution in [0.2, 0.25) is 0 Å². The number of nitrogens with one attached hydrogen (secondary N) is 3. The van der Waals surface area contributed by atoms with Gasteiger partial charge in [0.1, 0.15) is 11.2 Å². The number of ether oxygens (including phenoxy) is 12. The lowest BCUT2D eigenvalue weighted by atomic mass is 10.2. The zero-order chi connectivity index (χ0) is 47.4. The lowest BCUT2D eigenvalue weighted by Crippen LogP contribution is -2.34. The minimum absolute atomic E-state index is 0.0141. The average Bonchev–Trinajstić information content (AvgIpc) is 3.21. The zero-order valence-electron chi connectivity index (χ0n) is 39.1. The molecule has 0 aliphatic heterocycles. The highest BCUT2D eigenvalue weighted by Crippen LogP contribution is 2.06. The molecule has 0 fully saturated rings. The fraction of sp³-hybridized carbons (Fsp3) is 0.925. The van der Waals surface area contributed by atoms with E-state index < -0.39 is 23.4 Å². The van der Waals surface area contributed by atoms with Crippen molar-refractivity contribution in [1.29, 1.82) is 0 Å². The van der Waals surface area contributed by atoms with Crippen molar-refractivity contribution in [2.45, 2.75) is 66.6 Å². The standard InChI is InChI=1S/C13H27NO5.C11H23NO5.C10H20BrNO4.C6H15NO3/c1-5-16-8-9-18-11-10-17-7-6-14-12(15)19-13(2,3)4;1-11(2,3)17-10(14)12-4-6-15-8-9-16-7-5-13;1-2-14-5-6-16-8-7-15-4-3-12-10(13)9-11;7-1-3-9-5-6-10-4-2-8/h5-11H2,1-4H3,(H,14,15);13H,4-9H2,1-3H3,(H,12,14);2-9H2,1H3,(H,12,13);8H,1-7H2. The average molecular weight is 974 g/mol. The molecule has 0 saturated carbocycles. The Morgan fingerprint density at radius 3 is 1.00 bits per heavy atom. The molecule has 0 bridgehead atoms. The van der Waals surface area contributed by atoms with Crippen LogP contribution in [0.3, 0.4) is 0 Å². The van der Waals surface area contributed by atoms with E-state index >= 15 is 0 Å². The van der Waals surface area contributed by atoms with E-state index in [-0.39, 0.29) is 19.1 Å². The minimum atomic E-state index is -0.483. The predicted octanol–water partition coefficient (Wildman–Crippen LogP) is 1.66. The smallest absolute Gasteiger partial charge is 0.407 e. The molecule has 0 aromatic rings. The molecule has 0 spiro atoms. The summed E-state index contributed by atoms with van der Waals surface area (Å²) in [6.07, 6.45) is -0.873. The van der Waals surface area contributed by atoms with Crippen molar-refractivity contribution in [3.8, 4) is 0 Å². The first kappa shape index (κ1) is 66.6. The number of halogens is 1. The molecule has 0 radical (unpaired) electrons. The molecular weight excluding hydrogens is 888 g/mol. The first-order chi connectivity index (χ1) is 29.6. The first-order valence-corrected chi connectivity index (χ1v) is 22.2. The van der Waals surface area contributed by atoms with E-state index in [9.17, 15) is 14.4 Å². The predicted molar refractivity (Wildman–Crippen MR) is 238 cm³/mol. The number of hydrogen-bond acceptors (Lipinski definition) is 18. The number of hydrogen-bond donors (Lipinski definition) is 6. The molecule has 0 unspecified atom stereocenters. The van der Waals surface area contributed by atoms with Gasteiger partial charge in [0, 0.05) is 39.4 Å². The van der Waals surface area contributed by atoms with E-state index in [2.05, 4.69) is 31.9 Å². The van der Waals surface area contributed by atoms with E-state index in [1.54, 1.807) is 0 Å². The maximum absolute atomic E-state index is 11.3. The van der Waals surface area contributed by atoms with E-state index in [4.69, 9.17) is 72.8 Å². The summed E-state index contributed by atoms with van der Waals surface area (Å²) in [6.45, 7) is 27.3. The van der Waals surface area contributed by atoms with Crippen LogP contribution in [0.4, 0.5) is 9.59 Å². The van der Waals surface area contributed by atoms with Gasteiger partial charge in [0.2, 0.25) is 5.91 Å². The molecule has 22 heteroatoms. The summed E-state index contributed by atoms with van der Waals surface area (Å²) in [6, 6.07) is 0. The molecule has 7 N–H and O–H groups in total. The Kier molecular flexibility index (Phi) is 57.2. The number of alkyl halides is 1. The molecule has 21 nitrogen and oxygen atoms in total. The first-order valence-electron chi connectivity index (χ1n) is 21.1. The Bertz CT molecular complexity index is 928. The maximum Gasteiger partial charge on any atom is 0.407 e. The summed E-state index contributed by atoms with van der Waals surface area (Å²) >= 11 is 3.05. The van der Waals surface area contributed by atoms with Crippen LogP contribution in [-0.2, 0) is 61.6 Å². The summed E-state index contributed by atoms with van der Waals surface area (Å²) in [5.74, 6) is -0.0310. The fourth-order valence-corrected chi connectivity index (χ4v) is 3.61. The van der Waals surface area contributed by atoms with Crippen molar-refractivity contribution < 1.29 is 81.4 Å². The van der Waals surface area contributed by atoms with Crippen LogP contribution in [-0.4, -0.2) is 216 Å². The summed E-state index contributed by atoms with van der Waals surface area (Å²) < 4.78 is 61.4. The molecule has 0 heterocycles. The summed E-state index contributed by atoms with van der Waals surface area (Å²) in [7, 11) is 0. The Morgan fingerprint density at radius 1 is 0.452 bits per heavy atom. The zero-order valence-corrected chi connectivity index (χ0v) is 40.7. The number of aliphatic hydroxyl groups excluding tert-OH is 2. The molecule has 0 aliphatic carbocycles. The number of amides is 3. The van der Waals surface area contributed by atoms with Crippen molar-refractivity contribution in [3.63, 3.8) is 0 Å². The Hall–Kier alpha value is -2.03. The topological polar surface area (TPSA) is 265 Å². The number of carbonyl (C=O) groups excluding carboxylic acids is 3. The van der Waals surface area contributed by atoms with Crippen molar-refractivity contribution >= 4 is 34.0 Å². The van der Waals surface area contributed by atoms with Crippen LogP contribution < -0.4 is 21.7 Å². The SMILES string of the molecule is CC(C)(C)OC(=O)NCCOCCOCCO.CCOCCOCCOCCNC(=O)CBr.CCOCCOCCOCCNC(=O)OC(C)(C)C.NCCOCCOCCO. The van der Waals surface area contributed by atoms with Gasteiger partial charge >= 0.3 is 12.2 Å². The van der Waals surface area contributed by atoms with Crippen LogP contribution in [0.15, 0.2) is 0 Å². The van der Waals surface area contributed by atoms with E-state index in [1.807, 2.05) is 55.4 Å². The maximum atomic E-state index is 11.3. The van der Waals surface area contributed by atoms with Crippen molar-refractivity contribution in [3.05, 3.63) is 0 Å². The second-order valence-corrected chi connectivity index (χ2v) is 14.4. The Balaban J connectivity index is -0.000000369. The summed E-state index contributed by atoms with van der Waals surface area (Å²) in [5, 5.41) is 24.9. The van der Waals surface area contributed by atoms with Gasteiger partial charge in [-0.25, -0.2) is 9.59 Å². The highest BCUT2D eigenvalue weighted by atomic mass is 79.9. The van der Waals surface area contributed by atoms with E-state index in [0.717, 1.165) is 0 Å². The van der Waals surface area contributed by atoms with Crippen LogP contribution in [0, 0.1) is 0 Å². The lowest BCUT2D eigenvalue weighted by Gasteiger charge is -2.19. The molecule has 62 heavy (non-hydrogen) atoms. The molecular formula is C40H85BrN4O17. The second-order valence-electron chi connectivity index (χ2n) is 13.9. The van der Waals surface area contributed by atoms with Gasteiger partial charge in [0.25, 0.3) is 0 Å². The third-order valence-corrected chi connectivity index (χ3v) is 6.40. The van der Waals surface area contributed by atoms with Crippen LogP contribution in [0.25, 0.3) is 0 Å². The quantitative estimate of drug-likeness (QED) is 0.0385. The van der Waals surface area contributed by atoms with E-state index in [1.165, 1.54) is 0 Å². The Morgan fingerprint density at radius 2 is 0.726 bits per heavy atom. The van der Waals surface area contributed by atoms with E-state index in [0.29, 0.717) is 164 Å². The van der Waals surface area contributed by atoms with Gasteiger partial charge in [0.15, 0.2) is 0 Å². The monoisotopic (exact) mass is 973 g/mol.